The summed E-state index contributed by atoms with van der Waals surface area (Å²) in [4.78, 5) is 14.1. The molecule has 21 heavy (non-hydrogen) atoms. The summed E-state index contributed by atoms with van der Waals surface area (Å²) in [6.07, 6.45) is 0. The number of aryl methyl sites for hydroxylation is 1. The van der Waals surface area contributed by atoms with Crippen molar-refractivity contribution in [1.29, 1.82) is 0 Å². The van der Waals surface area contributed by atoms with E-state index in [1.54, 1.807) is 37.3 Å². The van der Waals surface area contributed by atoms with Crippen molar-refractivity contribution in [2.75, 3.05) is 14.2 Å². The minimum Gasteiger partial charge on any atom is -0.496 e. The van der Waals surface area contributed by atoms with E-state index in [4.69, 9.17) is 4.74 Å². The molecule has 2 aromatic rings. The lowest BCUT2D eigenvalue weighted by atomic mass is 10.1. The molecule has 0 radical (unpaired) electrons. The second-order valence-corrected chi connectivity index (χ2v) is 5.85. The number of halogens is 1. The van der Waals surface area contributed by atoms with E-state index in [0.717, 1.165) is 10.0 Å². The van der Waals surface area contributed by atoms with Gasteiger partial charge in [-0.05, 0) is 46.6 Å². The fourth-order valence-corrected chi connectivity index (χ4v) is 2.60. The maximum Gasteiger partial charge on any atom is 0.253 e. The molecule has 0 heterocycles. The van der Waals surface area contributed by atoms with Gasteiger partial charge in [0.05, 0.1) is 11.6 Å². The van der Waals surface area contributed by atoms with Gasteiger partial charge in [0.25, 0.3) is 5.91 Å². The van der Waals surface area contributed by atoms with Crippen LogP contribution in [0.3, 0.4) is 0 Å². The molecule has 0 spiro atoms. The molecule has 4 heteroatoms. The second-order valence-electron chi connectivity index (χ2n) is 5.00. The highest BCUT2D eigenvalue weighted by molar-refractivity contribution is 9.10. The molecule has 0 atom stereocenters. The smallest absolute Gasteiger partial charge is 0.253 e. The van der Waals surface area contributed by atoms with Crippen LogP contribution in [0.25, 0.3) is 0 Å². The highest BCUT2D eigenvalue weighted by Gasteiger charge is 2.13. The third kappa shape index (κ3) is 3.85. The topological polar surface area (TPSA) is 29.5 Å². The zero-order valence-electron chi connectivity index (χ0n) is 12.4. The summed E-state index contributed by atoms with van der Waals surface area (Å²) < 4.78 is 5.95. The molecule has 3 nitrogen and oxygen atoms in total. The molecule has 2 aromatic carbocycles. The lowest BCUT2D eigenvalue weighted by molar-refractivity contribution is 0.0785. The number of ether oxygens (including phenoxy) is 1. The Hall–Kier alpha value is -1.81. The average Bonchev–Trinajstić information content (AvgIpc) is 2.48. The van der Waals surface area contributed by atoms with Gasteiger partial charge in [-0.3, -0.25) is 4.79 Å². The van der Waals surface area contributed by atoms with Gasteiger partial charge in [-0.15, -0.1) is 0 Å². The van der Waals surface area contributed by atoms with Gasteiger partial charge in [-0.2, -0.15) is 0 Å². The van der Waals surface area contributed by atoms with E-state index in [1.165, 1.54) is 5.56 Å². The molecule has 0 aliphatic rings. The molecule has 0 fully saturated rings. The third-order valence-electron chi connectivity index (χ3n) is 3.29. The van der Waals surface area contributed by atoms with Crippen molar-refractivity contribution in [2.45, 2.75) is 13.5 Å². The van der Waals surface area contributed by atoms with Crippen LogP contribution in [0.1, 0.15) is 21.5 Å². The quantitative estimate of drug-likeness (QED) is 0.835. The Labute approximate surface area is 133 Å². The number of carbonyl (C=O) groups excluding carboxylic acids is 1. The number of nitrogens with zero attached hydrogens (tertiary/aromatic N) is 1. The Morgan fingerprint density at radius 3 is 2.43 bits per heavy atom. The van der Waals surface area contributed by atoms with E-state index in [0.29, 0.717) is 17.9 Å². The van der Waals surface area contributed by atoms with Gasteiger partial charge in [-0.25, -0.2) is 0 Å². The van der Waals surface area contributed by atoms with Crippen LogP contribution in [0.4, 0.5) is 0 Å². The average molecular weight is 348 g/mol. The fraction of sp³-hybridized carbons (Fsp3) is 0.235. The fourth-order valence-electron chi connectivity index (χ4n) is 2.06. The minimum absolute atomic E-state index is 0.0149. The first-order chi connectivity index (χ1) is 10.0. The maximum atomic E-state index is 12.4. The van der Waals surface area contributed by atoms with Crippen LogP contribution in [-0.4, -0.2) is 25.0 Å². The highest BCUT2D eigenvalue weighted by atomic mass is 79.9. The molecule has 0 aromatic heterocycles. The molecule has 0 saturated carbocycles. The van der Waals surface area contributed by atoms with Crippen LogP contribution < -0.4 is 4.74 Å². The lowest BCUT2D eigenvalue weighted by Gasteiger charge is -2.18. The third-order valence-corrected chi connectivity index (χ3v) is 3.91. The number of amides is 1. The summed E-state index contributed by atoms with van der Waals surface area (Å²) in [6.45, 7) is 2.64. The minimum atomic E-state index is -0.0149. The monoisotopic (exact) mass is 347 g/mol. The Bertz CT molecular complexity index is 638. The molecular weight excluding hydrogens is 330 g/mol. The molecule has 110 valence electrons. The predicted molar refractivity (Wildman–Crippen MR) is 87.7 cm³/mol. The predicted octanol–water partition coefficient (Wildman–Crippen LogP) is 4.04. The molecule has 1 amide bonds. The van der Waals surface area contributed by atoms with Crippen LogP contribution in [0.15, 0.2) is 46.9 Å². The molecular formula is C17H18BrNO2. The second kappa shape index (κ2) is 6.76. The SMILES string of the molecule is COc1ccc(C(=O)N(C)Cc2ccc(C)cc2)cc1Br. The first-order valence-electron chi connectivity index (χ1n) is 6.66. The van der Waals surface area contributed by atoms with Gasteiger partial charge in [0.2, 0.25) is 0 Å². The Kier molecular flexibility index (Phi) is 5.02. The van der Waals surface area contributed by atoms with Gasteiger partial charge >= 0.3 is 0 Å². The van der Waals surface area contributed by atoms with E-state index in [9.17, 15) is 4.79 Å². The highest BCUT2D eigenvalue weighted by Crippen LogP contribution is 2.26. The molecule has 0 aliphatic heterocycles. The van der Waals surface area contributed by atoms with E-state index >= 15 is 0 Å². The van der Waals surface area contributed by atoms with Crippen LogP contribution in [-0.2, 0) is 6.54 Å². The van der Waals surface area contributed by atoms with E-state index in [1.807, 2.05) is 19.1 Å². The number of carbonyl (C=O) groups is 1. The first kappa shape index (κ1) is 15.6. The number of rotatable bonds is 4. The van der Waals surface area contributed by atoms with Crippen molar-refractivity contribution in [1.82, 2.24) is 4.90 Å². The van der Waals surface area contributed by atoms with Crippen molar-refractivity contribution in [2.24, 2.45) is 0 Å². The molecule has 0 saturated heterocycles. The van der Waals surface area contributed by atoms with Crippen molar-refractivity contribution < 1.29 is 9.53 Å². The van der Waals surface area contributed by atoms with Crippen LogP contribution in [0.2, 0.25) is 0 Å². The van der Waals surface area contributed by atoms with E-state index in [2.05, 4.69) is 28.1 Å². The van der Waals surface area contributed by atoms with Crippen LogP contribution in [0, 0.1) is 6.92 Å². The first-order valence-corrected chi connectivity index (χ1v) is 7.45. The summed E-state index contributed by atoms with van der Waals surface area (Å²) >= 11 is 3.40. The van der Waals surface area contributed by atoms with Crippen LogP contribution in [0.5, 0.6) is 5.75 Å². The lowest BCUT2D eigenvalue weighted by Crippen LogP contribution is -2.26. The van der Waals surface area contributed by atoms with E-state index in [-0.39, 0.29) is 5.91 Å². The number of benzene rings is 2. The standard InChI is InChI=1S/C17H18BrNO2/c1-12-4-6-13(7-5-12)11-19(2)17(20)14-8-9-16(21-3)15(18)10-14/h4-10H,11H2,1-3H3. The van der Waals surface area contributed by atoms with Crippen LogP contribution >= 0.6 is 15.9 Å². The van der Waals surface area contributed by atoms with Gasteiger partial charge in [-0.1, -0.05) is 29.8 Å². The number of methoxy groups -OCH3 is 1. The zero-order valence-corrected chi connectivity index (χ0v) is 14.0. The maximum absolute atomic E-state index is 12.4. The summed E-state index contributed by atoms with van der Waals surface area (Å²) in [5.41, 5.74) is 2.97. The van der Waals surface area contributed by atoms with Crippen molar-refractivity contribution in [3.05, 3.63) is 63.6 Å². The molecule has 0 aliphatic carbocycles. The van der Waals surface area contributed by atoms with Gasteiger partial charge in [0, 0.05) is 19.2 Å². The Morgan fingerprint density at radius 2 is 1.86 bits per heavy atom. The van der Waals surface area contributed by atoms with Crippen molar-refractivity contribution >= 4 is 21.8 Å². The van der Waals surface area contributed by atoms with Gasteiger partial charge < -0.3 is 9.64 Å². The van der Waals surface area contributed by atoms with Crippen molar-refractivity contribution in [3.63, 3.8) is 0 Å². The zero-order chi connectivity index (χ0) is 15.4. The molecule has 0 N–H and O–H groups in total. The largest absolute Gasteiger partial charge is 0.496 e. The van der Waals surface area contributed by atoms with Crippen molar-refractivity contribution in [3.8, 4) is 5.75 Å². The van der Waals surface area contributed by atoms with Gasteiger partial charge in [0.15, 0.2) is 0 Å². The van der Waals surface area contributed by atoms with E-state index < -0.39 is 0 Å². The Balaban J connectivity index is 2.11. The summed E-state index contributed by atoms with van der Waals surface area (Å²) in [5.74, 6) is 0.701. The summed E-state index contributed by atoms with van der Waals surface area (Å²) in [6, 6.07) is 13.5. The number of hydrogen-bond donors (Lipinski definition) is 0. The summed E-state index contributed by atoms with van der Waals surface area (Å²) in [7, 11) is 3.41. The van der Waals surface area contributed by atoms with Gasteiger partial charge in [0.1, 0.15) is 5.75 Å². The summed E-state index contributed by atoms with van der Waals surface area (Å²) in [5, 5.41) is 0. The normalized spacial score (nSPS) is 10.3. The Morgan fingerprint density at radius 1 is 1.19 bits per heavy atom. The molecule has 0 unspecified atom stereocenters. The number of hydrogen-bond acceptors (Lipinski definition) is 2. The molecule has 2 rings (SSSR count). The molecule has 0 bridgehead atoms.